The molecule has 0 radical (unpaired) electrons. The van der Waals surface area contributed by atoms with Crippen LogP contribution >= 0.6 is 0 Å². The summed E-state index contributed by atoms with van der Waals surface area (Å²) in [6.45, 7) is 4.10. The fourth-order valence-electron chi connectivity index (χ4n) is 7.41. The standard InChI is InChI=1S/C48H34N4O4/c1-27-3-7-29(8-4-27)43-35-19-23-39(49-35)45(31-11-15-33(16-12-31)47(53)54)41-25-21-37(51-41)44(30-9-5-28(2)6-10-30)38-22-26-42(52-38)46(40-24-20-36(43)50-40)32-13-17-34(18-14-32)48(55)56/h3-26,49,52H,1-2H3,(H,53,54)(H,55,56)/p-2. The van der Waals surface area contributed by atoms with Gasteiger partial charge in [-0.1, -0.05) is 108 Å². The first kappa shape index (κ1) is 34.2. The summed E-state index contributed by atoms with van der Waals surface area (Å²) < 4.78 is 0. The highest BCUT2D eigenvalue weighted by molar-refractivity contribution is 6.00. The highest BCUT2D eigenvalue weighted by atomic mass is 16.4. The predicted octanol–water partition coefficient (Wildman–Crippen LogP) is 8.67. The molecule has 0 aliphatic carbocycles. The molecule has 0 saturated carbocycles. The van der Waals surface area contributed by atoms with Gasteiger partial charge in [-0.25, -0.2) is 9.97 Å². The molecule has 0 fully saturated rings. The lowest BCUT2D eigenvalue weighted by Crippen LogP contribution is -2.21. The molecule has 270 valence electrons. The molecule has 8 bridgehead atoms. The van der Waals surface area contributed by atoms with Crippen molar-refractivity contribution in [2.45, 2.75) is 13.8 Å². The minimum absolute atomic E-state index is 0.0857. The molecule has 4 aromatic carbocycles. The van der Waals surface area contributed by atoms with Gasteiger partial charge in [0.05, 0.1) is 34.7 Å². The summed E-state index contributed by atoms with van der Waals surface area (Å²) in [6, 6.07) is 38.0. The van der Waals surface area contributed by atoms with E-state index in [4.69, 9.17) is 9.97 Å². The summed E-state index contributed by atoms with van der Waals surface area (Å²) in [6.07, 6.45) is 7.97. The van der Waals surface area contributed by atoms with Crippen LogP contribution in [0.4, 0.5) is 0 Å². The number of carboxylic acid groups (broad SMARTS) is 2. The molecule has 2 aliphatic heterocycles. The third-order valence-electron chi connectivity index (χ3n) is 10.3. The quantitative estimate of drug-likeness (QED) is 0.176. The van der Waals surface area contributed by atoms with E-state index in [1.807, 2.05) is 62.4 Å². The van der Waals surface area contributed by atoms with Gasteiger partial charge in [0, 0.05) is 44.3 Å². The number of nitrogens with zero attached hydrogens (tertiary/aromatic N) is 2. The summed E-state index contributed by atoms with van der Waals surface area (Å²) in [4.78, 5) is 41.3. The Morgan fingerprint density at radius 2 is 0.643 bits per heavy atom. The van der Waals surface area contributed by atoms with Gasteiger partial charge in [-0.2, -0.15) is 0 Å². The number of benzene rings is 4. The molecular weight excluding hydrogens is 697 g/mol. The Morgan fingerprint density at radius 1 is 0.393 bits per heavy atom. The number of fused-ring (bicyclic) bond motifs is 8. The van der Waals surface area contributed by atoms with Crippen LogP contribution in [0.5, 0.6) is 0 Å². The summed E-state index contributed by atoms with van der Waals surface area (Å²) in [5, 5.41) is 23.4. The average molecular weight is 729 g/mol. The number of nitrogens with one attached hydrogen (secondary N) is 2. The zero-order valence-electron chi connectivity index (χ0n) is 30.4. The van der Waals surface area contributed by atoms with Crippen LogP contribution < -0.4 is 10.2 Å². The lowest BCUT2D eigenvalue weighted by molar-refractivity contribution is -0.256. The van der Waals surface area contributed by atoms with Crippen molar-refractivity contribution in [1.82, 2.24) is 19.9 Å². The first-order chi connectivity index (χ1) is 27.2. The molecule has 3 aromatic heterocycles. The molecule has 56 heavy (non-hydrogen) atoms. The van der Waals surface area contributed by atoms with E-state index in [1.54, 1.807) is 48.5 Å². The van der Waals surface area contributed by atoms with Gasteiger partial charge in [0.15, 0.2) is 0 Å². The van der Waals surface area contributed by atoms with Gasteiger partial charge in [-0.05, 0) is 95.8 Å². The number of carbonyl (C=O) groups is 2. The summed E-state index contributed by atoms with van der Waals surface area (Å²) in [7, 11) is 0. The second-order valence-corrected chi connectivity index (χ2v) is 14.0. The maximum atomic E-state index is 11.7. The van der Waals surface area contributed by atoms with Crippen LogP contribution in [0.3, 0.4) is 0 Å². The smallest absolute Gasteiger partial charge is 0.0737 e. The van der Waals surface area contributed by atoms with Gasteiger partial charge < -0.3 is 29.8 Å². The summed E-state index contributed by atoms with van der Waals surface area (Å²) in [5.74, 6) is -2.49. The number of rotatable bonds is 6. The summed E-state index contributed by atoms with van der Waals surface area (Å²) >= 11 is 0. The average Bonchev–Trinajstić information content (AvgIpc) is 4.05. The topological polar surface area (TPSA) is 138 Å². The van der Waals surface area contributed by atoms with Crippen LogP contribution in [0.25, 0.3) is 90.9 Å². The Hall–Kier alpha value is -7.58. The molecule has 8 heteroatoms. The Balaban J connectivity index is 1.44. The SMILES string of the molecule is Cc1ccc(-c2c3nc(c(-c4ccc(C(=O)[O-])cc4)c4ccc([nH]4)c(-c4ccc(C)cc4)c4nc(c(-c5ccc(C(=O)[O-])cc5)c5ccc2[nH]5)C=C4)C=C3)cc1. The van der Waals surface area contributed by atoms with Crippen molar-refractivity contribution in [2.24, 2.45) is 0 Å². The number of aryl methyl sites for hydroxylation is 2. The molecule has 0 unspecified atom stereocenters. The first-order valence-corrected chi connectivity index (χ1v) is 18.1. The molecule has 8 nitrogen and oxygen atoms in total. The van der Waals surface area contributed by atoms with E-state index in [1.165, 1.54) is 0 Å². The molecule has 7 aromatic rings. The second kappa shape index (κ2) is 13.7. The van der Waals surface area contributed by atoms with Crippen LogP contribution in [-0.4, -0.2) is 31.9 Å². The maximum absolute atomic E-state index is 11.7. The third-order valence-corrected chi connectivity index (χ3v) is 10.3. The monoisotopic (exact) mass is 728 g/mol. The number of aromatic nitrogens is 4. The number of carbonyl (C=O) groups excluding carboxylic acids is 2. The molecule has 0 saturated heterocycles. The lowest BCUT2D eigenvalue weighted by atomic mass is 10.0. The van der Waals surface area contributed by atoms with E-state index in [0.29, 0.717) is 11.4 Å². The van der Waals surface area contributed by atoms with Crippen molar-refractivity contribution in [2.75, 3.05) is 0 Å². The van der Waals surface area contributed by atoms with Crippen molar-refractivity contribution in [3.05, 3.63) is 166 Å². The Labute approximate surface area is 321 Å². The molecular formula is C48H32N4O4-2. The Morgan fingerprint density at radius 3 is 0.893 bits per heavy atom. The number of carboxylic acids is 2. The zero-order chi connectivity index (χ0) is 38.5. The second-order valence-electron chi connectivity index (χ2n) is 14.0. The largest absolute Gasteiger partial charge is 0.545 e. The van der Waals surface area contributed by atoms with Crippen LogP contribution in [0.2, 0.25) is 0 Å². The normalized spacial score (nSPS) is 11.9. The first-order valence-electron chi connectivity index (χ1n) is 18.1. The third kappa shape index (κ3) is 6.19. The number of hydrogen-bond donors (Lipinski definition) is 2. The van der Waals surface area contributed by atoms with E-state index in [0.717, 1.165) is 89.1 Å². The Bertz CT molecular complexity index is 2750. The fourth-order valence-corrected chi connectivity index (χ4v) is 7.41. The Kier molecular flexibility index (Phi) is 8.36. The summed E-state index contributed by atoms with van der Waals surface area (Å²) in [5.41, 5.74) is 15.3. The van der Waals surface area contributed by atoms with Gasteiger partial charge in [-0.3, -0.25) is 0 Å². The molecule has 5 heterocycles. The zero-order valence-corrected chi connectivity index (χ0v) is 30.4. The predicted molar refractivity (Wildman–Crippen MR) is 219 cm³/mol. The minimum atomic E-state index is -1.24. The van der Waals surface area contributed by atoms with E-state index < -0.39 is 11.9 Å². The molecule has 0 spiro atoms. The molecule has 9 rings (SSSR count). The van der Waals surface area contributed by atoms with Crippen LogP contribution in [0.1, 0.15) is 54.6 Å². The van der Waals surface area contributed by atoms with E-state index in [-0.39, 0.29) is 11.1 Å². The van der Waals surface area contributed by atoms with Crippen LogP contribution in [0.15, 0.2) is 121 Å². The van der Waals surface area contributed by atoms with Gasteiger partial charge in [0.2, 0.25) is 0 Å². The van der Waals surface area contributed by atoms with Crippen molar-refractivity contribution in [1.29, 1.82) is 0 Å². The number of H-pyrrole nitrogens is 2. The minimum Gasteiger partial charge on any atom is -0.545 e. The number of aromatic carboxylic acids is 2. The van der Waals surface area contributed by atoms with E-state index >= 15 is 0 Å². The van der Waals surface area contributed by atoms with Crippen molar-refractivity contribution in [3.63, 3.8) is 0 Å². The van der Waals surface area contributed by atoms with E-state index in [2.05, 4.69) is 58.5 Å². The van der Waals surface area contributed by atoms with Gasteiger partial charge in [-0.15, -0.1) is 0 Å². The van der Waals surface area contributed by atoms with Crippen molar-refractivity contribution in [3.8, 4) is 44.5 Å². The number of hydrogen-bond acceptors (Lipinski definition) is 6. The molecule has 2 aliphatic rings. The molecule has 0 atom stereocenters. The highest BCUT2D eigenvalue weighted by Gasteiger charge is 2.19. The van der Waals surface area contributed by atoms with Crippen LogP contribution in [-0.2, 0) is 0 Å². The highest BCUT2D eigenvalue weighted by Crippen LogP contribution is 2.38. The van der Waals surface area contributed by atoms with Crippen molar-refractivity contribution >= 4 is 58.3 Å². The van der Waals surface area contributed by atoms with Crippen LogP contribution in [0, 0.1) is 13.8 Å². The fraction of sp³-hybridized carbons (Fsp3) is 0.0417. The molecule has 0 amide bonds. The lowest BCUT2D eigenvalue weighted by Gasteiger charge is -2.08. The van der Waals surface area contributed by atoms with Crippen molar-refractivity contribution < 1.29 is 19.8 Å². The van der Waals surface area contributed by atoms with Gasteiger partial charge >= 0.3 is 0 Å². The van der Waals surface area contributed by atoms with Gasteiger partial charge in [0.25, 0.3) is 0 Å². The van der Waals surface area contributed by atoms with Gasteiger partial charge in [0.1, 0.15) is 0 Å². The maximum Gasteiger partial charge on any atom is 0.0737 e. The number of aromatic amines is 2. The molecule has 2 N–H and O–H groups in total. The van der Waals surface area contributed by atoms with E-state index in [9.17, 15) is 19.8 Å².